The highest BCUT2D eigenvalue weighted by molar-refractivity contribution is 5.90. The Morgan fingerprint density at radius 3 is 2.37 bits per heavy atom. The molecule has 4 saturated heterocycles. The van der Waals surface area contributed by atoms with Crippen molar-refractivity contribution in [1.29, 1.82) is 0 Å². The van der Waals surface area contributed by atoms with E-state index in [9.17, 15) is 9.59 Å². The average molecular weight is 493 g/mol. The third-order valence-electron chi connectivity index (χ3n) is 8.17. The molecule has 1 N–H and O–H groups in total. The number of carbonyl (C=O) groups is 2. The monoisotopic (exact) mass is 492 g/mol. The molecule has 200 valence electrons. The van der Waals surface area contributed by atoms with Crippen molar-refractivity contribution in [2.75, 3.05) is 52.5 Å². The molecule has 4 aliphatic rings. The number of nitrogens with one attached hydrogen (secondary N) is 1. The van der Waals surface area contributed by atoms with E-state index < -0.39 is 11.8 Å². The Labute approximate surface area is 212 Å². The molecule has 8 heteroatoms. The fourth-order valence-corrected chi connectivity index (χ4v) is 6.15. The molecule has 2 amide bonds. The minimum Gasteiger partial charge on any atom is -0.349 e. The van der Waals surface area contributed by atoms with Crippen LogP contribution >= 0.6 is 0 Å². The van der Waals surface area contributed by atoms with E-state index in [1.54, 1.807) is 0 Å². The van der Waals surface area contributed by atoms with Crippen LogP contribution in [0.2, 0.25) is 0 Å². The van der Waals surface area contributed by atoms with Gasteiger partial charge in [0.2, 0.25) is 11.8 Å². The number of carbonyl (C=O) groups excluding carboxylic acids is 2. The second-order valence-electron chi connectivity index (χ2n) is 12.2. The molecule has 0 aliphatic carbocycles. The van der Waals surface area contributed by atoms with E-state index in [0.29, 0.717) is 50.1 Å². The van der Waals surface area contributed by atoms with Gasteiger partial charge in [0.1, 0.15) is 6.04 Å². The van der Waals surface area contributed by atoms with E-state index in [4.69, 9.17) is 9.47 Å². The Kier molecular flexibility index (Phi) is 8.78. The van der Waals surface area contributed by atoms with Gasteiger partial charge in [0.25, 0.3) is 0 Å². The van der Waals surface area contributed by atoms with Gasteiger partial charge in [-0.1, -0.05) is 27.7 Å². The smallest absolute Gasteiger partial charge is 0.245 e. The van der Waals surface area contributed by atoms with Gasteiger partial charge in [-0.05, 0) is 51.1 Å². The van der Waals surface area contributed by atoms with Gasteiger partial charge in [-0.15, -0.1) is 0 Å². The average Bonchev–Trinajstić information content (AvgIpc) is 2.77. The normalized spacial score (nSPS) is 33.5. The molecule has 4 fully saturated rings. The number of likely N-dealkylation sites (tertiary alicyclic amines) is 2. The summed E-state index contributed by atoms with van der Waals surface area (Å²) in [5, 5.41) is 3.37. The minimum absolute atomic E-state index is 0.0160. The highest BCUT2D eigenvalue weighted by Gasteiger charge is 2.47. The molecule has 8 nitrogen and oxygen atoms in total. The summed E-state index contributed by atoms with van der Waals surface area (Å²) in [4.78, 5) is 33.6. The maximum absolute atomic E-state index is 13.9. The van der Waals surface area contributed by atoms with Crippen LogP contribution in [-0.4, -0.2) is 103 Å². The van der Waals surface area contributed by atoms with E-state index in [-0.39, 0.29) is 23.9 Å². The standard InChI is InChI=1S/C27H48N4O4/c1-19(2)13-23-25(32)31(12-8-28-23)24(14-20(3)4)26(33)30-11-7-27(15-21(30)5)34-17-22(18-35-27)16-29-9-6-10-29/h19-24,28H,6-18H2,1-5H3/t21-,22?,23-,24?,27?/m0/s1. The van der Waals surface area contributed by atoms with Crippen LogP contribution in [0.3, 0.4) is 0 Å². The molecule has 0 aromatic heterocycles. The van der Waals surface area contributed by atoms with Crippen molar-refractivity contribution in [1.82, 2.24) is 20.0 Å². The summed E-state index contributed by atoms with van der Waals surface area (Å²) in [6.45, 7) is 17.5. The molecule has 0 radical (unpaired) electrons. The maximum atomic E-state index is 13.9. The van der Waals surface area contributed by atoms with Crippen LogP contribution in [0.25, 0.3) is 0 Å². The molecule has 3 atom stereocenters. The number of ether oxygens (including phenoxy) is 2. The van der Waals surface area contributed by atoms with Gasteiger partial charge in [0.15, 0.2) is 5.79 Å². The van der Waals surface area contributed by atoms with E-state index in [2.05, 4.69) is 44.8 Å². The highest BCUT2D eigenvalue weighted by Crippen LogP contribution is 2.36. The first-order valence-electron chi connectivity index (χ1n) is 14.0. The maximum Gasteiger partial charge on any atom is 0.245 e. The van der Waals surface area contributed by atoms with E-state index in [1.165, 1.54) is 19.5 Å². The molecule has 1 spiro atoms. The van der Waals surface area contributed by atoms with Crippen LogP contribution < -0.4 is 5.32 Å². The predicted molar refractivity (Wildman–Crippen MR) is 136 cm³/mol. The summed E-state index contributed by atoms with van der Waals surface area (Å²) >= 11 is 0. The first kappa shape index (κ1) is 26.8. The molecular weight excluding hydrogens is 444 g/mol. The second-order valence-corrected chi connectivity index (χ2v) is 12.2. The van der Waals surface area contributed by atoms with Crippen molar-refractivity contribution < 1.29 is 19.1 Å². The SMILES string of the molecule is CC(C)CC(C(=O)N1CCC2(C[C@@H]1C)OCC(CN1CCC1)CO2)N1CCN[C@@H](CC(C)C)C1=O. The molecule has 0 aromatic carbocycles. The summed E-state index contributed by atoms with van der Waals surface area (Å²) in [5.74, 6) is 0.791. The third-order valence-corrected chi connectivity index (χ3v) is 8.17. The summed E-state index contributed by atoms with van der Waals surface area (Å²) in [6, 6.07) is -0.575. The molecule has 0 saturated carbocycles. The van der Waals surface area contributed by atoms with E-state index >= 15 is 0 Å². The molecule has 1 unspecified atom stereocenters. The van der Waals surface area contributed by atoms with Gasteiger partial charge in [-0.2, -0.15) is 0 Å². The zero-order chi connectivity index (χ0) is 25.2. The van der Waals surface area contributed by atoms with Gasteiger partial charge >= 0.3 is 0 Å². The topological polar surface area (TPSA) is 74.4 Å². The van der Waals surface area contributed by atoms with Crippen LogP contribution in [0.5, 0.6) is 0 Å². The first-order valence-corrected chi connectivity index (χ1v) is 14.0. The van der Waals surface area contributed by atoms with E-state index in [0.717, 1.165) is 32.7 Å². The lowest BCUT2D eigenvalue weighted by molar-refractivity contribution is -0.304. The lowest BCUT2D eigenvalue weighted by Gasteiger charge is -2.50. The number of rotatable bonds is 8. The summed E-state index contributed by atoms with van der Waals surface area (Å²) in [6.07, 6.45) is 4.18. The molecule has 4 rings (SSSR count). The zero-order valence-electron chi connectivity index (χ0n) is 22.6. The molecular formula is C27H48N4O4. The molecule has 35 heavy (non-hydrogen) atoms. The minimum atomic E-state index is -0.567. The molecule has 4 aliphatic heterocycles. The largest absolute Gasteiger partial charge is 0.349 e. The first-order chi connectivity index (χ1) is 16.7. The van der Waals surface area contributed by atoms with E-state index in [1.807, 2.05) is 9.80 Å². The third kappa shape index (κ3) is 6.38. The Morgan fingerprint density at radius 1 is 1.09 bits per heavy atom. The Balaban J connectivity index is 1.38. The van der Waals surface area contributed by atoms with Crippen LogP contribution in [0, 0.1) is 17.8 Å². The number of hydrogen-bond donors (Lipinski definition) is 1. The lowest BCUT2D eigenvalue weighted by atomic mass is 9.92. The predicted octanol–water partition coefficient (Wildman–Crippen LogP) is 2.32. The zero-order valence-corrected chi connectivity index (χ0v) is 22.6. The van der Waals surface area contributed by atoms with Crippen molar-refractivity contribution in [3.63, 3.8) is 0 Å². The number of piperidine rings is 1. The Hall–Kier alpha value is -1.22. The second kappa shape index (κ2) is 11.4. The van der Waals surface area contributed by atoms with Gasteiger partial charge in [-0.25, -0.2) is 0 Å². The van der Waals surface area contributed by atoms with Crippen molar-refractivity contribution in [3.8, 4) is 0 Å². The van der Waals surface area contributed by atoms with Crippen molar-refractivity contribution in [3.05, 3.63) is 0 Å². The van der Waals surface area contributed by atoms with Crippen LogP contribution in [0.4, 0.5) is 0 Å². The Bertz CT molecular complexity index is 733. The fraction of sp³-hybridized carbons (Fsp3) is 0.926. The Morgan fingerprint density at radius 2 is 1.80 bits per heavy atom. The molecule has 4 heterocycles. The van der Waals surface area contributed by atoms with Crippen LogP contribution in [0.1, 0.15) is 66.7 Å². The van der Waals surface area contributed by atoms with Gasteiger partial charge in [0.05, 0.1) is 19.3 Å². The summed E-state index contributed by atoms with van der Waals surface area (Å²) < 4.78 is 12.7. The van der Waals surface area contributed by atoms with Crippen LogP contribution in [-0.2, 0) is 19.1 Å². The van der Waals surface area contributed by atoms with Gasteiger partial charge in [-0.3, -0.25) is 9.59 Å². The number of piperazine rings is 1. The summed E-state index contributed by atoms with van der Waals surface area (Å²) in [7, 11) is 0. The van der Waals surface area contributed by atoms with Crippen molar-refractivity contribution >= 4 is 11.8 Å². The van der Waals surface area contributed by atoms with Crippen molar-refractivity contribution in [2.24, 2.45) is 17.8 Å². The van der Waals surface area contributed by atoms with Gasteiger partial charge in [0, 0.05) is 51.0 Å². The lowest BCUT2D eigenvalue weighted by Crippen LogP contribution is -2.64. The molecule has 0 aromatic rings. The van der Waals surface area contributed by atoms with Crippen LogP contribution in [0.15, 0.2) is 0 Å². The molecule has 0 bridgehead atoms. The highest BCUT2D eigenvalue weighted by atomic mass is 16.7. The fourth-order valence-electron chi connectivity index (χ4n) is 6.15. The van der Waals surface area contributed by atoms with Crippen molar-refractivity contribution in [2.45, 2.75) is 90.6 Å². The quantitative estimate of drug-likeness (QED) is 0.561. The number of nitrogens with zero attached hydrogens (tertiary/aromatic N) is 3. The summed E-state index contributed by atoms with van der Waals surface area (Å²) in [5.41, 5.74) is 0. The number of hydrogen-bond acceptors (Lipinski definition) is 6. The van der Waals surface area contributed by atoms with Gasteiger partial charge < -0.3 is 29.5 Å². The number of amides is 2.